The number of nitrogens with two attached hydrogens (primary N) is 1. The zero-order chi connectivity index (χ0) is 11.8. The van der Waals surface area contributed by atoms with Crippen molar-refractivity contribution in [2.45, 2.75) is 38.6 Å². The van der Waals surface area contributed by atoms with Crippen molar-refractivity contribution in [1.29, 1.82) is 0 Å². The third-order valence-corrected chi connectivity index (χ3v) is 4.17. The molecule has 5 heteroatoms. The van der Waals surface area contributed by atoms with Gasteiger partial charge in [0.2, 0.25) is 5.95 Å². The van der Waals surface area contributed by atoms with Gasteiger partial charge in [-0.1, -0.05) is 12.8 Å². The molecule has 1 fully saturated rings. The average Bonchev–Trinajstić information content (AvgIpc) is 2.86. The third-order valence-electron chi connectivity index (χ3n) is 3.23. The van der Waals surface area contributed by atoms with Crippen LogP contribution in [0.2, 0.25) is 0 Å². The van der Waals surface area contributed by atoms with Crippen molar-refractivity contribution in [3.05, 3.63) is 10.9 Å². The molecule has 0 spiro atoms. The molecule has 4 nitrogen and oxygen atoms in total. The second-order valence-electron chi connectivity index (χ2n) is 4.63. The first-order chi connectivity index (χ1) is 8.22. The van der Waals surface area contributed by atoms with Crippen LogP contribution in [0.4, 0.5) is 11.8 Å². The van der Waals surface area contributed by atoms with Gasteiger partial charge in [-0.3, -0.25) is 0 Å². The van der Waals surface area contributed by atoms with Gasteiger partial charge in [0.15, 0.2) is 0 Å². The summed E-state index contributed by atoms with van der Waals surface area (Å²) in [6, 6.07) is 2.68. The Hall–Kier alpha value is -1.36. The number of thiophene rings is 1. The molecule has 1 aliphatic rings. The Morgan fingerprint density at radius 2 is 2.12 bits per heavy atom. The van der Waals surface area contributed by atoms with Gasteiger partial charge in [0.05, 0.1) is 5.39 Å². The van der Waals surface area contributed by atoms with Crippen molar-refractivity contribution in [2.24, 2.45) is 0 Å². The molecule has 3 rings (SSSR count). The highest BCUT2D eigenvalue weighted by molar-refractivity contribution is 7.18. The van der Waals surface area contributed by atoms with Crippen molar-refractivity contribution in [3.63, 3.8) is 0 Å². The minimum Gasteiger partial charge on any atom is -0.368 e. The van der Waals surface area contributed by atoms with E-state index < -0.39 is 0 Å². The van der Waals surface area contributed by atoms with Gasteiger partial charge in [-0.05, 0) is 25.8 Å². The molecular formula is C12H16N4S. The fourth-order valence-corrected chi connectivity index (χ4v) is 3.32. The van der Waals surface area contributed by atoms with Crippen LogP contribution in [0.3, 0.4) is 0 Å². The van der Waals surface area contributed by atoms with Gasteiger partial charge < -0.3 is 11.1 Å². The third kappa shape index (κ3) is 2.07. The predicted octanol–water partition coefficient (Wildman–Crippen LogP) is 2.94. The second-order valence-corrected chi connectivity index (χ2v) is 5.87. The summed E-state index contributed by atoms with van der Waals surface area (Å²) in [7, 11) is 0. The Morgan fingerprint density at radius 3 is 2.88 bits per heavy atom. The molecule has 0 saturated heterocycles. The van der Waals surface area contributed by atoms with E-state index in [1.54, 1.807) is 11.3 Å². The first-order valence-electron chi connectivity index (χ1n) is 6.02. The molecule has 0 aromatic carbocycles. The van der Waals surface area contributed by atoms with Gasteiger partial charge in [-0.2, -0.15) is 4.98 Å². The largest absolute Gasteiger partial charge is 0.368 e. The van der Waals surface area contributed by atoms with Gasteiger partial charge in [0, 0.05) is 10.9 Å². The maximum absolute atomic E-state index is 5.75. The normalized spacial score (nSPS) is 16.8. The van der Waals surface area contributed by atoms with Crippen LogP contribution in [0.25, 0.3) is 10.2 Å². The van der Waals surface area contributed by atoms with Crippen molar-refractivity contribution in [1.82, 2.24) is 9.97 Å². The molecule has 2 heterocycles. The van der Waals surface area contributed by atoms with Crippen molar-refractivity contribution in [2.75, 3.05) is 11.1 Å². The molecule has 0 atom stereocenters. The van der Waals surface area contributed by atoms with E-state index in [4.69, 9.17) is 5.73 Å². The SMILES string of the molecule is Cc1cc2c(NC3CCCC3)nc(N)nc2s1. The minimum atomic E-state index is 0.361. The van der Waals surface area contributed by atoms with E-state index >= 15 is 0 Å². The highest BCUT2D eigenvalue weighted by Crippen LogP contribution is 2.31. The number of fused-ring (bicyclic) bond motifs is 1. The number of anilines is 2. The molecule has 90 valence electrons. The zero-order valence-electron chi connectivity index (χ0n) is 9.86. The van der Waals surface area contributed by atoms with E-state index in [0.717, 1.165) is 16.0 Å². The molecule has 1 saturated carbocycles. The molecule has 2 aromatic heterocycles. The molecule has 17 heavy (non-hydrogen) atoms. The molecule has 0 aliphatic heterocycles. The number of nitrogens with zero attached hydrogens (tertiary/aromatic N) is 2. The van der Waals surface area contributed by atoms with Crippen LogP contribution >= 0.6 is 11.3 Å². The topological polar surface area (TPSA) is 63.8 Å². The Labute approximate surface area is 104 Å². The number of nitrogens with one attached hydrogen (secondary N) is 1. The number of rotatable bonds is 2. The van der Waals surface area contributed by atoms with E-state index in [2.05, 4.69) is 28.3 Å². The molecule has 1 aliphatic carbocycles. The molecule has 0 amide bonds. The smallest absolute Gasteiger partial charge is 0.223 e. The van der Waals surface area contributed by atoms with Crippen molar-refractivity contribution in [3.8, 4) is 0 Å². The lowest BCUT2D eigenvalue weighted by Crippen LogP contribution is -2.16. The van der Waals surface area contributed by atoms with E-state index in [1.165, 1.54) is 30.6 Å². The Morgan fingerprint density at radius 1 is 1.35 bits per heavy atom. The highest BCUT2D eigenvalue weighted by Gasteiger charge is 2.17. The Kier molecular flexibility index (Phi) is 2.63. The van der Waals surface area contributed by atoms with E-state index in [1.807, 2.05) is 0 Å². The predicted molar refractivity (Wildman–Crippen MR) is 72.4 cm³/mol. The number of hydrogen-bond acceptors (Lipinski definition) is 5. The lowest BCUT2D eigenvalue weighted by Gasteiger charge is -2.13. The molecular weight excluding hydrogens is 232 g/mol. The van der Waals surface area contributed by atoms with E-state index in [9.17, 15) is 0 Å². The van der Waals surface area contributed by atoms with Crippen LogP contribution in [0, 0.1) is 6.92 Å². The maximum Gasteiger partial charge on any atom is 0.223 e. The summed E-state index contributed by atoms with van der Waals surface area (Å²) in [5, 5.41) is 4.62. The van der Waals surface area contributed by atoms with Gasteiger partial charge in [0.1, 0.15) is 10.6 Å². The fourth-order valence-electron chi connectivity index (χ4n) is 2.43. The standard InChI is InChI=1S/C12H16N4S/c1-7-6-9-10(14-8-4-2-3-5-8)15-12(13)16-11(9)17-7/h6,8H,2-5H2,1H3,(H3,13,14,15,16). The zero-order valence-corrected chi connectivity index (χ0v) is 10.7. The van der Waals surface area contributed by atoms with Crippen molar-refractivity contribution >= 4 is 33.3 Å². The monoisotopic (exact) mass is 248 g/mol. The molecule has 0 unspecified atom stereocenters. The van der Waals surface area contributed by atoms with Crippen LogP contribution < -0.4 is 11.1 Å². The second kappa shape index (κ2) is 4.14. The summed E-state index contributed by atoms with van der Waals surface area (Å²) < 4.78 is 0. The summed E-state index contributed by atoms with van der Waals surface area (Å²) >= 11 is 1.67. The van der Waals surface area contributed by atoms with Crippen LogP contribution in [-0.4, -0.2) is 16.0 Å². The lowest BCUT2D eigenvalue weighted by molar-refractivity contribution is 0.752. The maximum atomic E-state index is 5.75. The molecule has 0 radical (unpaired) electrons. The Balaban J connectivity index is 2.01. The average molecular weight is 248 g/mol. The van der Waals surface area contributed by atoms with Crippen LogP contribution in [-0.2, 0) is 0 Å². The van der Waals surface area contributed by atoms with E-state index in [0.29, 0.717) is 12.0 Å². The first kappa shape index (κ1) is 10.8. The summed E-state index contributed by atoms with van der Waals surface area (Å²) in [5.74, 6) is 1.27. The van der Waals surface area contributed by atoms with Crippen LogP contribution in [0.1, 0.15) is 30.6 Å². The van der Waals surface area contributed by atoms with Crippen LogP contribution in [0.5, 0.6) is 0 Å². The van der Waals surface area contributed by atoms with Gasteiger partial charge >= 0.3 is 0 Å². The number of aromatic nitrogens is 2. The lowest BCUT2D eigenvalue weighted by atomic mass is 10.2. The van der Waals surface area contributed by atoms with E-state index in [-0.39, 0.29) is 0 Å². The van der Waals surface area contributed by atoms with Gasteiger partial charge in [-0.25, -0.2) is 4.98 Å². The molecule has 2 aromatic rings. The first-order valence-corrected chi connectivity index (χ1v) is 6.84. The van der Waals surface area contributed by atoms with Gasteiger partial charge in [0.25, 0.3) is 0 Å². The number of hydrogen-bond donors (Lipinski definition) is 2. The van der Waals surface area contributed by atoms with Crippen LogP contribution in [0.15, 0.2) is 6.07 Å². The minimum absolute atomic E-state index is 0.361. The summed E-state index contributed by atoms with van der Waals surface area (Å²) in [5.41, 5.74) is 5.75. The Bertz CT molecular complexity index is 543. The quantitative estimate of drug-likeness (QED) is 0.857. The number of nitrogen functional groups attached to an aromatic ring is 1. The van der Waals surface area contributed by atoms with Crippen molar-refractivity contribution < 1.29 is 0 Å². The summed E-state index contributed by atoms with van der Waals surface area (Å²) in [4.78, 5) is 10.8. The summed E-state index contributed by atoms with van der Waals surface area (Å²) in [6.07, 6.45) is 5.08. The summed E-state index contributed by atoms with van der Waals surface area (Å²) in [6.45, 7) is 2.09. The molecule has 3 N–H and O–H groups in total. The van der Waals surface area contributed by atoms with Gasteiger partial charge in [-0.15, -0.1) is 11.3 Å². The number of aryl methyl sites for hydroxylation is 1. The molecule has 0 bridgehead atoms. The fraction of sp³-hybridized carbons (Fsp3) is 0.500. The highest BCUT2D eigenvalue weighted by atomic mass is 32.1.